The molecule has 0 aliphatic rings. The van der Waals surface area contributed by atoms with E-state index in [4.69, 9.17) is 26.7 Å². The van der Waals surface area contributed by atoms with Crippen LogP contribution in [0.15, 0.2) is 6.33 Å². The molecule has 0 aliphatic carbocycles. The average molecular weight is 604 g/mol. The van der Waals surface area contributed by atoms with E-state index in [0.29, 0.717) is 31.3 Å². The molecule has 0 saturated heterocycles. The van der Waals surface area contributed by atoms with Crippen molar-refractivity contribution < 1.29 is 28.6 Å². The highest BCUT2D eigenvalue weighted by Crippen LogP contribution is 2.21. The van der Waals surface area contributed by atoms with Gasteiger partial charge >= 0.3 is 18.0 Å². The normalized spacial score (nSPS) is 12.7. The smallest absolute Gasteiger partial charge is 0.312 e. The van der Waals surface area contributed by atoms with Crippen LogP contribution in [0.5, 0.6) is 0 Å². The molecule has 0 radical (unpaired) electrons. The van der Waals surface area contributed by atoms with Crippen LogP contribution in [0.3, 0.4) is 0 Å². The zero-order valence-corrected chi connectivity index (χ0v) is 25.8. The van der Waals surface area contributed by atoms with E-state index in [1.165, 1.54) is 77.6 Å². The molecule has 0 bridgehead atoms. The molecule has 2 aromatic heterocycles. The average Bonchev–Trinajstić information content (AvgIpc) is 3.40. The zero-order chi connectivity index (χ0) is 31.3. The van der Waals surface area contributed by atoms with Gasteiger partial charge in [0.1, 0.15) is 12.1 Å². The molecule has 3 N–H and O–H groups in total. The Labute approximate surface area is 255 Å². The molecule has 10 nitrogen and oxygen atoms in total. The zero-order valence-electron chi connectivity index (χ0n) is 25.8. The standard InChI is InChI=1S/C32H50FN5O5/c1-3-32(42-2,22-23-38-25-35-28-29(34)36-31(33)37-30(28)38)24-43-27(41)21-19-17-15-13-11-9-7-5-4-6-8-10-12-14-16-18-20-26(39)40/h1,25H,4-24H2,2H3,(H,39,40)(H2,34,36,37). The molecule has 0 aliphatic heterocycles. The third kappa shape index (κ3) is 14.2. The predicted octanol–water partition coefficient (Wildman–Crippen LogP) is 6.61. The topological polar surface area (TPSA) is 142 Å². The molecule has 0 fully saturated rings. The van der Waals surface area contributed by atoms with Gasteiger partial charge in [0.15, 0.2) is 17.1 Å². The van der Waals surface area contributed by atoms with Gasteiger partial charge in [0.2, 0.25) is 0 Å². The molecule has 2 heterocycles. The minimum absolute atomic E-state index is 0.0386. The Morgan fingerprint density at radius 1 is 0.930 bits per heavy atom. The number of carbonyl (C=O) groups excluding carboxylic acids is 1. The van der Waals surface area contributed by atoms with Gasteiger partial charge in [-0.25, -0.2) is 4.98 Å². The molecule has 1 unspecified atom stereocenters. The van der Waals surface area contributed by atoms with Gasteiger partial charge in [0.05, 0.1) is 6.33 Å². The summed E-state index contributed by atoms with van der Waals surface area (Å²) in [5.74, 6) is 1.57. The minimum atomic E-state index is -1.13. The van der Waals surface area contributed by atoms with Crippen LogP contribution in [0.4, 0.5) is 10.2 Å². The number of rotatable bonds is 25. The van der Waals surface area contributed by atoms with Crippen LogP contribution >= 0.6 is 0 Å². The SMILES string of the molecule is C#CC(CCn1cnc2c(N)nc(F)nc21)(COC(=O)CCCCCCCCCCCCCCCCCCC(=O)O)OC. The molecule has 240 valence electrons. The quantitative estimate of drug-likeness (QED) is 0.0555. The molecule has 0 aromatic carbocycles. The third-order valence-electron chi connectivity index (χ3n) is 7.86. The summed E-state index contributed by atoms with van der Waals surface area (Å²) in [6, 6.07) is 0. The van der Waals surface area contributed by atoms with Crippen molar-refractivity contribution in [2.24, 2.45) is 0 Å². The summed E-state index contributed by atoms with van der Waals surface area (Å²) < 4.78 is 26.3. The number of fused-ring (bicyclic) bond motifs is 1. The summed E-state index contributed by atoms with van der Waals surface area (Å²) in [4.78, 5) is 34.2. The Bertz CT molecular complexity index is 1150. The van der Waals surface area contributed by atoms with E-state index in [2.05, 4.69) is 20.9 Å². The van der Waals surface area contributed by atoms with Gasteiger partial charge in [-0.3, -0.25) is 9.59 Å². The van der Waals surface area contributed by atoms with E-state index in [1.807, 2.05) is 0 Å². The molecular formula is C32H50FN5O5. The molecular weight excluding hydrogens is 553 g/mol. The van der Waals surface area contributed by atoms with Crippen LogP contribution in [-0.4, -0.2) is 55.9 Å². The number of nitrogens with zero attached hydrogens (tertiary/aromatic N) is 4. The number of aliphatic carboxylic acids is 1. The van der Waals surface area contributed by atoms with Crippen molar-refractivity contribution >= 4 is 28.9 Å². The summed E-state index contributed by atoms with van der Waals surface area (Å²) in [5.41, 5.74) is 5.15. The molecule has 43 heavy (non-hydrogen) atoms. The lowest BCUT2D eigenvalue weighted by Crippen LogP contribution is -2.37. The fourth-order valence-corrected chi connectivity index (χ4v) is 5.10. The van der Waals surface area contributed by atoms with Crippen molar-refractivity contribution in [1.82, 2.24) is 19.5 Å². The fraction of sp³-hybridized carbons (Fsp3) is 0.719. The second-order valence-electron chi connectivity index (χ2n) is 11.3. The van der Waals surface area contributed by atoms with E-state index < -0.39 is 17.6 Å². The highest BCUT2D eigenvalue weighted by atomic mass is 19.1. The van der Waals surface area contributed by atoms with Crippen molar-refractivity contribution in [1.29, 1.82) is 0 Å². The molecule has 2 rings (SSSR count). The molecule has 0 saturated carbocycles. The van der Waals surface area contributed by atoms with Crippen molar-refractivity contribution in [3.8, 4) is 12.3 Å². The first-order chi connectivity index (χ1) is 20.8. The van der Waals surface area contributed by atoms with Crippen LogP contribution in [0.25, 0.3) is 11.2 Å². The fourth-order valence-electron chi connectivity index (χ4n) is 5.10. The van der Waals surface area contributed by atoms with Gasteiger partial charge in [0.25, 0.3) is 0 Å². The van der Waals surface area contributed by atoms with E-state index in [-0.39, 0.29) is 24.0 Å². The van der Waals surface area contributed by atoms with Gasteiger partial charge in [-0.15, -0.1) is 6.42 Å². The Balaban J connectivity index is 1.47. The number of carboxylic acid groups (broad SMARTS) is 1. The molecule has 1 atom stereocenters. The number of ether oxygens (including phenoxy) is 2. The second-order valence-corrected chi connectivity index (χ2v) is 11.3. The van der Waals surface area contributed by atoms with Gasteiger partial charge in [-0.2, -0.15) is 14.4 Å². The lowest BCUT2D eigenvalue weighted by molar-refractivity contribution is -0.150. The number of nitrogen functional groups attached to an aromatic ring is 1. The van der Waals surface area contributed by atoms with E-state index in [9.17, 15) is 14.0 Å². The molecule has 0 spiro atoms. The first kappa shape index (κ1) is 35.9. The van der Waals surface area contributed by atoms with Gasteiger partial charge < -0.3 is 24.9 Å². The summed E-state index contributed by atoms with van der Waals surface area (Å²) >= 11 is 0. The lowest BCUT2D eigenvalue weighted by atomic mass is 10.0. The first-order valence-corrected chi connectivity index (χ1v) is 15.8. The summed E-state index contributed by atoms with van der Waals surface area (Å²) in [6.07, 6.45) is 25.7. The number of esters is 1. The van der Waals surface area contributed by atoms with Crippen molar-refractivity contribution in [3.05, 3.63) is 12.4 Å². The van der Waals surface area contributed by atoms with Crippen LogP contribution in [-0.2, 0) is 25.6 Å². The minimum Gasteiger partial charge on any atom is -0.481 e. The van der Waals surface area contributed by atoms with E-state index in [1.54, 1.807) is 4.57 Å². The number of aryl methyl sites for hydroxylation is 1. The van der Waals surface area contributed by atoms with Gasteiger partial charge in [0, 0.05) is 32.9 Å². The Hall–Kier alpha value is -3.26. The number of hydrogen-bond donors (Lipinski definition) is 2. The Kier molecular flexibility index (Phi) is 17.2. The number of unbranched alkanes of at least 4 members (excludes halogenated alkanes) is 15. The van der Waals surface area contributed by atoms with Crippen LogP contribution < -0.4 is 5.73 Å². The third-order valence-corrected chi connectivity index (χ3v) is 7.86. The number of carbonyl (C=O) groups is 2. The molecule has 0 amide bonds. The van der Waals surface area contributed by atoms with Crippen molar-refractivity contribution in [2.75, 3.05) is 19.5 Å². The number of aromatic nitrogens is 4. The van der Waals surface area contributed by atoms with Crippen LogP contribution in [0.2, 0.25) is 0 Å². The Morgan fingerprint density at radius 3 is 1.93 bits per heavy atom. The largest absolute Gasteiger partial charge is 0.481 e. The van der Waals surface area contributed by atoms with E-state index >= 15 is 0 Å². The highest BCUT2D eigenvalue weighted by Gasteiger charge is 2.30. The first-order valence-electron chi connectivity index (χ1n) is 15.8. The van der Waals surface area contributed by atoms with Crippen molar-refractivity contribution in [3.63, 3.8) is 0 Å². The highest BCUT2D eigenvalue weighted by molar-refractivity contribution is 5.81. The lowest BCUT2D eigenvalue weighted by Gasteiger charge is -2.26. The number of anilines is 1. The number of nitrogens with two attached hydrogens (primary N) is 1. The maximum Gasteiger partial charge on any atom is 0.312 e. The maximum absolute atomic E-state index is 13.6. The van der Waals surface area contributed by atoms with Gasteiger partial charge in [-0.05, 0) is 12.8 Å². The van der Waals surface area contributed by atoms with Gasteiger partial charge in [-0.1, -0.05) is 95.8 Å². The monoisotopic (exact) mass is 603 g/mol. The summed E-state index contributed by atoms with van der Waals surface area (Å²) in [5, 5.41) is 8.63. The van der Waals surface area contributed by atoms with Crippen LogP contribution in [0, 0.1) is 18.4 Å². The number of carboxylic acids is 1. The molecule has 2 aromatic rings. The number of imidazole rings is 1. The number of terminal acetylenes is 1. The predicted molar refractivity (Wildman–Crippen MR) is 165 cm³/mol. The summed E-state index contributed by atoms with van der Waals surface area (Å²) in [6.45, 7) is 0.229. The number of methoxy groups -OCH3 is 1. The number of halogens is 1. The van der Waals surface area contributed by atoms with E-state index in [0.717, 1.165) is 38.5 Å². The summed E-state index contributed by atoms with van der Waals surface area (Å²) in [7, 11) is 1.47. The number of hydrogen-bond acceptors (Lipinski definition) is 8. The van der Waals surface area contributed by atoms with Crippen molar-refractivity contribution in [2.45, 2.75) is 134 Å². The Morgan fingerprint density at radius 2 is 1.44 bits per heavy atom. The second kappa shape index (κ2) is 20.6. The maximum atomic E-state index is 13.6. The van der Waals surface area contributed by atoms with Crippen LogP contribution in [0.1, 0.15) is 122 Å². The molecule has 11 heteroatoms.